The highest BCUT2D eigenvalue weighted by Gasteiger charge is 2.21. The summed E-state index contributed by atoms with van der Waals surface area (Å²) < 4.78 is 5.46. The van der Waals surface area contributed by atoms with Gasteiger partial charge in [0, 0.05) is 11.8 Å². The zero-order valence-electron chi connectivity index (χ0n) is 11.3. The molecule has 0 amide bonds. The molecule has 0 aromatic carbocycles. The minimum atomic E-state index is -0.474. The molecule has 2 N–H and O–H groups in total. The van der Waals surface area contributed by atoms with Crippen LogP contribution < -0.4 is 10.5 Å². The normalized spacial score (nSPS) is 14.0. The maximum atomic E-state index is 12.2. The van der Waals surface area contributed by atoms with Crippen LogP contribution in [0.5, 0.6) is 5.75 Å². The van der Waals surface area contributed by atoms with Gasteiger partial charge >= 0.3 is 0 Å². The Morgan fingerprint density at radius 2 is 2.17 bits per heavy atom. The van der Waals surface area contributed by atoms with Crippen molar-refractivity contribution >= 4 is 5.78 Å². The maximum Gasteiger partial charge on any atom is 0.181 e. The molecule has 18 heavy (non-hydrogen) atoms. The molecule has 0 spiro atoms. The van der Waals surface area contributed by atoms with E-state index in [1.165, 1.54) is 0 Å². The first-order valence-corrected chi connectivity index (χ1v) is 6.47. The van der Waals surface area contributed by atoms with E-state index in [1.807, 2.05) is 20.8 Å². The summed E-state index contributed by atoms with van der Waals surface area (Å²) in [7, 11) is 0. The van der Waals surface area contributed by atoms with E-state index in [4.69, 9.17) is 10.5 Å². The number of hydrogen-bond donors (Lipinski definition) is 1. The van der Waals surface area contributed by atoms with Crippen molar-refractivity contribution in [3.8, 4) is 5.75 Å². The second-order valence-electron chi connectivity index (χ2n) is 4.53. The number of carbonyl (C=O) groups is 1. The first kappa shape index (κ1) is 14.6. The molecule has 2 atom stereocenters. The molecule has 0 bridgehead atoms. The molecule has 0 aliphatic rings. The standard InChI is InChI=1S/C14H22N2O2/c1-4-6-18-12-7-11(8-16-9-12)14(17)13(15)10(3)5-2/h7-10,13H,4-6,15H2,1-3H3. The van der Waals surface area contributed by atoms with Crippen LogP contribution >= 0.6 is 0 Å². The van der Waals surface area contributed by atoms with Crippen molar-refractivity contribution in [1.82, 2.24) is 4.98 Å². The lowest BCUT2D eigenvalue weighted by Crippen LogP contribution is -2.36. The summed E-state index contributed by atoms with van der Waals surface area (Å²) in [5, 5.41) is 0. The number of Topliss-reactive ketones (excluding diaryl/α,β-unsaturated/α-hetero) is 1. The zero-order chi connectivity index (χ0) is 13.5. The van der Waals surface area contributed by atoms with E-state index in [0.717, 1.165) is 12.8 Å². The molecule has 0 aliphatic carbocycles. The van der Waals surface area contributed by atoms with Crippen LogP contribution in [0.1, 0.15) is 44.0 Å². The monoisotopic (exact) mass is 250 g/mol. The highest BCUT2D eigenvalue weighted by Crippen LogP contribution is 2.16. The van der Waals surface area contributed by atoms with Crippen LogP contribution in [-0.4, -0.2) is 23.4 Å². The fraction of sp³-hybridized carbons (Fsp3) is 0.571. The van der Waals surface area contributed by atoms with E-state index in [1.54, 1.807) is 18.5 Å². The molecular weight excluding hydrogens is 228 g/mol. The van der Waals surface area contributed by atoms with Gasteiger partial charge < -0.3 is 10.5 Å². The first-order valence-electron chi connectivity index (χ1n) is 6.47. The quantitative estimate of drug-likeness (QED) is 0.755. The number of ether oxygens (including phenoxy) is 1. The Bertz CT molecular complexity index is 393. The molecule has 0 saturated heterocycles. The average Bonchev–Trinajstić information content (AvgIpc) is 2.42. The van der Waals surface area contributed by atoms with Crippen molar-refractivity contribution in [2.75, 3.05) is 6.61 Å². The highest BCUT2D eigenvalue weighted by molar-refractivity contribution is 6.00. The Morgan fingerprint density at radius 3 is 2.78 bits per heavy atom. The first-order chi connectivity index (χ1) is 8.60. The Hall–Kier alpha value is -1.42. The predicted molar refractivity (Wildman–Crippen MR) is 71.8 cm³/mol. The molecule has 1 heterocycles. The molecule has 1 aromatic rings. The summed E-state index contributed by atoms with van der Waals surface area (Å²) in [6.07, 6.45) is 4.96. The Morgan fingerprint density at radius 1 is 1.44 bits per heavy atom. The van der Waals surface area contributed by atoms with Crippen LogP contribution in [0.4, 0.5) is 0 Å². The van der Waals surface area contributed by atoms with Gasteiger partial charge in [0.1, 0.15) is 5.75 Å². The molecule has 0 radical (unpaired) electrons. The van der Waals surface area contributed by atoms with E-state index in [2.05, 4.69) is 4.98 Å². The Labute approximate surface area is 109 Å². The number of ketones is 1. The number of aromatic nitrogens is 1. The van der Waals surface area contributed by atoms with Crippen LogP contribution in [0.2, 0.25) is 0 Å². The molecular formula is C14H22N2O2. The second-order valence-corrected chi connectivity index (χ2v) is 4.53. The Balaban J connectivity index is 2.79. The van der Waals surface area contributed by atoms with Gasteiger partial charge in [0.25, 0.3) is 0 Å². The van der Waals surface area contributed by atoms with Crippen molar-refractivity contribution in [2.45, 2.75) is 39.7 Å². The summed E-state index contributed by atoms with van der Waals surface area (Å²) in [6, 6.07) is 1.24. The molecule has 4 nitrogen and oxygen atoms in total. The lowest BCUT2D eigenvalue weighted by atomic mass is 9.93. The van der Waals surface area contributed by atoms with Gasteiger partial charge in [0.2, 0.25) is 0 Å². The zero-order valence-corrected chi connectivity index (χ0v) is 11.3. The van der Waals surface area contributed by atoms with E-state index in [0.29, 0.717) is 17.9 Å². The molecule has 2 unspecified atom stereocenters. The van der Waals surface area contributed by atoms with Crippen LogP contribution in [-0.2, 0) is 0 Å². The fourth-order valence-corrected chi connectivity index (χ4v) is 1.56. The van der Waals surface area contributed by atoms with Gasteiger partial charge in [0.15, 0.2) is 5.78 Å². The largest absolute Gasteiger partial charge is 0.492 e. The van der Waals surface area contributed by atoms with E-state index < -0.39 is 6.04 Å². The number of hydrogen-bond acceptors (Lipinski definition) is 4. The number of carbonyl (C=O) groups excluding carboxylic acids is 1. The topological polar surface area (TPSA) is 65.2 Å². The summed E-state index contributed by atoms with van der Waals surface area (Å²) in [5.74, 6) is 0.718. The highest BCUT2D eigenvalue weighted by atomic mass is 16.5. The predicted octanol–water partition coefficient (Wildman–Crippen LogP) is 2.43. The number of nitrogens with two attached hydrogens (primary N) is 1. The molecule has 0 saturated carbocycles. The summed E-state index contributed by atoms with van der Waals surface area (Å²) in [4.78, 5) is 16.2. The molecule has 4 heteroatoms. The maximum absolute atomic E-state index is 12.2. The van der Waals surface area contributed by atoms with Crippen LogP contribution in [0, 0.1) is 5.92 Å². The molecule has 1 rings (SSSR count). The van der Waals surface area contributed by atoms with Gasteiger partial charge in [-0.05, 0) is 18.4 Å². The molecule has 1 aromatic heterocycles. The number of pyridine rings is 1. The van der Waals surface area contributed by atoms with Gasteiger partial charge in [0.05, 0.1) is 18.8 Å². The summed E-state index contributed by atoms with van der Waals surface area (Å²) >= 11 is 0. The fourth-order valence-electron chi connectivity index (χ4n) is 1.56. The average molecular weight is 250 g/mol. The van der Waals surface area contributed by atoms with Crippen molar-refractivity contribution in [3.63, 3.8) is 0 Å². The van der Waals surface area contributed by atoms with E-state index >= 15 is 0 Å². The second kappa shape index (κ2) is 7.11. The molecule has 0 aliphatic heterocycles. The number of nitrogens with zero attached hydrogens (tertiary/aromatic N) is 1. The van der Waals surface area contributed by atoms with Gasteiger partial charge in [-0.1, -0.05) is 27.2 Å². The number of rotatable bonds is 7. The lowest BCUT2D eigenvalue weighted by molar-refractivity contribution is 0.0934. The van der Waals surface area contributed by atoms with Gasteiger partial charge in [-0.2, -0.15) is 0 Å². The van der Waals surface area contributed by atoms with E-state index in [-0.39, 0.29) is 11.7 Å². The van der Waals surface area contributed by atoms with Gasteiger partial charge in [-0.25, -0.2) is 0 Å². The van der Waals surface area contributed by atoms with Gasteiger partial charge in [-0.3, -0.25) is 9.78 Å². The van der Waals surface area contributed by atoms with Crippen LogP contribution in [0.3, 0.4) is 0 Å². The minimum absolute atomic E-state index is 0.0706. The third kappa shape index (κ3) is 3.81. The third-order valence-corrected chi connectivity index (χ3v) is 3.03. The van der Waals surface area contributed by atoms with Crippen molar-refractivity contribution < 1.29 is 9.53 Å². The third-order valence-electron chi connectivity index (χ3n) is 3.03. The van der Waals surface area contributed by atoms with Crippen molar-refractivity contribution in [3.05, 3.63) is 24.0 Å². The molecule has 100 valence electrons. The Kier molecular flexibility index (Phi) is 5.78. The van der Waals surface area contributed by atoms with E-state index in [9.17, 15) is 4.79 Å². The van der Waals surface area contributed by atoms with Crippen molar-refractivity contribution in [1.29, 1.82) is 0 Å². The minimum Gasteiger partial charge on any atom is -0.492 e. The molecule has 0 fully saturated rings. The van der Waals surface area contributed by atoms with Crippen molar-refractivity contribution in [2.24, 2.45) is 11.7 Å². The summed E-state index contributed by atoms with van der Waals surface area (Å²) in [6.45, 7) is 6.66. The lowest BCUT2D eigenvalue weighted by Gasteiger charge is -2.17. The van der Waals surface area contributed by atoms with Crippen LogP contribution in [0.15, 0.2) is 18.5 Å². The smallest absolute Gasteiger partial charge is 0.181 e. The van der Waals surface area contributed by atoms with Gasteiger partial charge in [-0.15, -0.1) is 0 Å². The SMILES string of the molecule is CCCOc1cncc(C(=O)C(N)C(C)CC)c1. The van der Waals surface area contributed by atoms with Crippen LogP contribution in [0.25, 0.3) is 0 Å². The summed E-state index contributed by atoms with van der Waals surface area (Å²) in [5.41, 5.74) is 6.46.